The van der Waals surface area contributed by atoms with Gasteiger partial charge in [-0.25, -0.2) is 4.79 Å². The highest BCUT2D eigenvalue weighted by Gasteiger charge is 2.14. The molecule has 112 valence electrons. The first-order valence-electron chi connectivity index (χ1n) is 6.65. The number of imidazole rings is 1. The van der Waals surface area contributed by atoms with Crippen LogP contribution in [0.3, 0.4) is 0 Å². The van der Waals surface area contributed by atoms with Gasteiger partial charge in [-0.3, -0.25) is 9.59 Å². The zero-order chi connectivity index (χ0) is 15.9. The third-order valence-corrected chi connectivity index (χ3v) is 3.42. The number of anilines is 1. The molecule has 0 bridgehead atoms. The lowest BCUT2D eigenvalue weighted by atomic mass is 10.2. The molecule has 3 rings (SSSR count). The van der Waals surface area contributed by atoms with Crippen LogP contribution in [-0.4, -0.2) is 26.2 Å². The molecule has 2 heterocycles. The summed E-state index contributed by atoms with van der Waals surface area (Å²) in [6.07, 6.45) is 1.62. The van der Waals surface area contributed by atoms with Crippen LogP contribution in [0.2, 0.25) is 0 Å². The SMILES string of the molecule is CC(=O)c1cc(C(=O)Nc2ccc3[nH]c(=O)[nH]c3c2)n(C)c1. The molecule has 7 heteroatoms. The summed E-state index contributed by atoms with van der Waals surface area (Å²) < 4.78 is 1.60. The number of benzene rings is 1. The molecule has 3 N–H and O–H groups in total. The van der Waals surface area contributed by atoms with Crippen molar-refractivity contribution in [3.8, 4) is 0 Å². The number of carbonyl (C=O) groups is 2. The Morgan fingerprint density at radius 2 is 1.86 bits per heavy atom. The minimum absolute atomic E-state index is 0.0963. The van der Waals surface area contributed by atoms with Crippen LogP contribution in [0.15, 0.2) is 35.3 Å². The van der Waals surface area contributed by atoms with Crippen LogP contribution < -0.4 is 11.0 Å². The quantitative estimate of drug-likeness (QED) is 0.641. The van der Waals surface area contributed by atoms with Crippen molar-refractivity contribution in [3.63, 3.8) is 0 Å². The molecule has 1 amide bonds. The molecule has 3 aromatic rings. The van der Waals surface area contributed by atoms with Gasteiger partial charge in [-0.1, -0.05) is 0 Å². The number of aromatic nitrogens is 3. The van der Waals surface area contributed by atoms with Gasteiger partial charge in [-0.2, -0.15) is 0 Å². The second-order valence-corrected chi connectivity index (χ2v) is 5.07. The normalized spacial score (nSPS) is 10.8. The Hall–Kier alpha value is -3.09. The fraction of sp³-hybridized carbons (Fsp3) is 0.133. The van der Waals surface area contributed by atoms with E-state index in [2.05, 4.69) is 15.3 Å². The number of H-pyrrole nitrogens is 2. The molecule has 1 aromatic carbocycles. The van der Waals surface area contributed by atoms with E-state index >= 15 is 0 Å². The van der Waals surface area contributed by atoms with Crippen molar-refractivity contribution >= 4 is 28.4 Å². The Balaban J connectivity index is 1.89. The second kappa shape index (κ2) is 5.03. The highest BCUT2D eigenvalue weighted by molar-refractivity contribution is 6.06. The summed E-state index contributed by atoms with van der Waals surface area (Å²) in [7, 11) is 1.70. The van der Waals surface area contributed by atoms with Crippen LogP contribution in [0.1, 0.15) is 27.8 Å². The predicted octanol–water partition coefficient (Wildman–Crippen LogP) is 1.65. The molecule has 0 atom stereocenters. The first kappa shape index (κ1) is 13.9. The van der Waals surface area contributed by atoms with E-state index in [0.29, 0.717) is 28.0 Å². The number of aromatic amines is 2. The Labute approximate surface area is 125 Å². The number of Topliss-reactive ketones (excluding diaryl/α,β-unsaturated/α-hetero) is 1. The van der Waals surface area contributed by atoms with Gasteiger partial charge in [0, 0.05) is 24.5 Å². The van der Waals surface area contributed by atoms with E-state index in [9.17, 15) is 14.4 Å². The lowest BCUT2D eigenvalue weighted by Gasteiger charge is -2.06. The fourth-order valence-electron chi connectivity index (χ4n) is 2.29. The lowest BCUT2D eigenvalue weighted by molar-refractivity contribution is 0.101. The lowest BCUT2D eigenvalue weighted by Crippen LogP contribution is -2.15. The number of aryl methyl sites for hydroxylation is 1. The van der Waals surface area contributed by atoms with Gasteiger partial charge in [0.15, 0.2) is 5.78 Å². The van der Waals surface area contributed by atoms with Gasteiger partial charge in [0.1, 0.15) is 5.69 Å². The molecule has 2 aromatic heterocycles. The van der Waals surface area contributed by atoms with Crippen molar-refractivity contribution in [1.29, 1.82) is 0 Å². The molecule has 0 aliphatic carbocycles. The summed E-state index contributed by atoms with van der Waals surface area (Å²) >= 11 is 0. The molecule has 7 nitrogen and oxygen atoms in total. The fourth-order valence-corrected chi connectivity index (χ4v) is 2.29. The Bertz CT molecular complexity index is 945. The number of hydrogen-bond donors (Lipinski definition) is 3. The Morgan fingerprint density at radius 1 is 1.14 bits per heavy atom. The summed E-state index contributed by atoms with van der Waals surface area (Å²) in [6.45, 7) is 1.45. The van der Waals surface area contributed by atoms with Gasteiger partial charge < -0.3 is 19.9 Å². The highest BCUT2D eigenvalue weighted by atomic mass is 16.2. The molecule has 0 spiro atoms. The van der Waals surface area contributed by atoms with Crippen molar-refractivity contribution in [2.24, 2.45) is 7.05 Å². The molecule has 0 saturated heterocycles. The van der Waals surface area contributed by atoms with E-state index in [-0.39, 0.29) is 17.4 Å². The van der Waals surface area contributed by atoms with E-state index in [0.717, 1.165) is 0 Å². The van der Waals surface area contributed by atoms with Crippen LogP contribution in [0.25, 0.3) is 11.0 Å². The standard InChI is InChI=1S/C15H14N4O3/c1-8(20)9-5-13(19(2)7-9)14(21)16-10-3-4-11-12(6-10)18-15(22)17-11/h3-7H,1-2H3,(H,16,21)(H2,17,18,22). The van der Waals surface area contributed by atoms with Crippen molar-refractivity contribution in [3.05, 3.63) is 52.2 Å². The van der Waals surface area contributed by atoms with Gasteiger partial charge >= 0.3 is 5.69 Å². The summed E-state index contributed by atoms with van der Waals surface area (Å²) in [6, 6.07) is 6.61. The zero-order valence-electron chi connectivity index (χ0n) is 12.1. The number of ketones is 1. The maximum absolute atomic E-state index is 12.3. The van der Waals surface area contributed by atoms with Crippen LogP contribution in [0.4, 0.5) is 5.69 Å². The maximum atomic E-state index is 12.3. The molecule has 0 fully saturated rings. The first-order valence-corrected chi connectivity index (χ1v) is 6.65. The van der Waals surface area contributed by atoms with Crippen LogP contribution in [0, 0.1) is 0 Å². The highest BCUT2D eigenvalue weighted by Crippen LogP contribution is 2.16. The average molecular weight is 298 g/mol. The predicted molar refractivity (Wildman–Crippen MR) is 82.3 cm³/mol. The third-order valence-electron chi connectivity index (χ3n) is 3.42. The maximum Gasteiger partial charge on any atom is 0.323 e. The van der Waals surface area contributed by atoms with E-state index in [1.165, 1.54) is 6.92 Å². The van der Waals surface area contributed by atoms with Gasteiger partial charge in [-0.15, -0.1) is 0 Å². The molecule has 0 aliphatic heterocycles. The Kier molecular flexibility index (Phi) is 3.17. The number of carbonyl (C=O) groups excluding carboxylic acids is 2. The summed E-state index contributed by atoms with van der Waals surface area (Å²) in [4.78, 5) is 40.1. The summed E-state index contributed by atoms with van der Waals surface area (Å²) in [5.41, 5.74) is 2.40. The number of amides is 1. The second-order valence-electron chi connectivity index (χ2n) is 5.07. The van der Waals surface area contributed by atoms with Gasteiger partial charge in [0.25, 0.3) is 5.91 Å². The number of nitrogens with one attached hydrogen (secondary N) is 3. The third kappa shape index (κ3) is 2.44. The van der Waals surface area contributed by atoms with Crippen molar-refractivity contribution in [1.82, 2.24) is 14.5 Å². The molecule has 0 unspecified atom stereocenters. The first-order chi connectivity index (χ1) is 10.4. The van der Waals surface area contributed by atoms with E-state index in [1.807, 2.05) is 0 Å². The van der Waals surface area contributed by atoms with E-state index < -0.39 is 0 Å². The largest absolute Gasteiger partial charge is 0.346 e. The minimum atomic E-state index is -0.327. The monoisotopic (exact) mass is 298 g/mol. The molecular weight excluding hydrogens is 284 g/mol. The van der Waals surface area contributed by atoms with Crippen LogP contribution in [-0.2, 0) is 7.05 Å². The topological polar surface area (TPSA) is 99.8 Å². The molecular formula is C15H14N4O3. The number of rotatable bonds is 3. The average Bonchev–Trinajstić information content (AvgIpc) is 3.00. The van der Waals surface area contributed by atoms with Gasteiger partial charge in [0.2, 0.25) is 0 Å². The van der Waals surface area contributed by atoms with Crippen LogP contribution >= 0.6 is 0 Å². The summed E-state index contributed by atoms with van der Waals surface area (Å²) in [5.74, 6) is -0.423. The van der Waals surface area contributed by atoms with Crippen molar-refractivity contribution < 1.29 is 9.59 Å². The minimum Gasteiger partial charge on any atom is -0.346 e. The van der Waals surface area contributed by atoms with E-state index in [1.54, 1.807) is 42.1 Å². The molecule has 0 aliphatic rings. The van der Waals surface area contributed by atoms with Crippen molar-refractivity contribution in [2.45, 2.75) is 6.92 Å². The van der Waals surface area contributed by atoms with Gasteiger partial charge in [-0.05, 0) is 31.2 Å². The number of fused-ring (bicyclic) bond motifs is 1. The number of hydrogen-bond acceptors (Lipinski definition) is 3. The molecule has 22 heavy (non-hydrogen) atoms. The molecule has 0 radical (unpaired) electrons. The van der Waals surface area contributed by atoms with Gasteiger partial charge in [0.05, 0.1) is 11.0 Å². The van der Waals surface area contributed by atoms with Crippen molar-refractivity contribution in [2.75, 3.05) is 5.32 Å². The Morgan fingerprint density at radius 3 is 2.55 bits per heavy atom. The summed E-state index contributed by atoms with van der Waals surface area (Å²) in [5, 5.41) is 2.75. The smallest absolute Gasteiger partial charge is 0.323 e. The zero-order valence-corrected chi connectivity index (χ0v) is 12.1. The van der Waals surface area contributed by atoms with Crippen LogP contribution in [0.5, 0.6) is 0 Å². The number of nitrogens with zero attached hydrogens (tertiary/aromatic N) is 1. The van der Waals surface area contributed by atoms with E-state index in [4.69, 9.17) is 0 Å². The molecule has 0 saturated carbocycles.